The van der Waals surface area contributed by atoms with Crippen LogP contribution < -0.4 is 5.56 Å². The van der Waals surface area contributed by atoms with E-state index in [1.165, 1.54) is 11.8 Å². The molecule has 126 valence electrons. The van der Waals surface area contributed by atoms with Crippen LogP contribution >= 0.6 is 23.4 Å². The van der Waals surface area contributed by atoms with Gasteiger partial charge in [-0.05, 0) is 31.5 Å². The van der Waals surface area contributed by atoms with E-state index in [0.29, 0.717) is 47.4 Å². The fraction of sp³-hybridized carbons (Fsp3) is 0.500. The van der Waals surface area contributed by atoms with Crippen LogP contribution in [0.3, 0.4) is 0 Å². The maximum Gasteiger partial charge on any atom is 0.262 e. The monoisotopic (exact) mass is 356 g/mol. The van der Waals surface area contributed by atoms with Crippen molar-refractivity contribution in [2.75, 3.05) is 32.7 Å². The Bertz CT molecular complexity index is 706. The van der Waals surface area contributed by atoms with Crippen molar-refractivity contribution in [2.24, 2.45) is 0 Å². The lowest BCUT2D eigenvalue weighted by atomic mass is 10.2. The van der Waals surface area contributed by atoms with E-state index < -0.39 is 0 Å². The van der Waals surface area contributed by atoms with Crippen LogP contribution in [0.2, 0.25) is 5.02 Å². The SMILES string of the molecule is CCOCCCn1c(SCCOC)nc2cc(Cl)ccc2c1=O. The van der Waals surface area contributed by atoms with E-state index in [1.807, 2.05) is 6.92 Å². The summed E-state index contributed by atoms with van der Waals surface area (Å²) in [7, 11) is 1.66. The number of thioether (sulfide) groups is 1. The third-order valence-corrected chi connectivity index (χ3v) is 4.45. The van der Waals surface area contributed by atoms with Crippen molar-refractivity contribution in [3.63, 3.8) is 0 Å². The molecule has 5 nitrogen and oxygen atoms in total. The van der Waals surface area contributed by atoms with Gasteiger partial charge in [0.05, 0.1) is 17.5 Å². The molecule has 0 N–H and O–H groups in total. The zero-order valence-electron chi connectivity index (χ0n) is 13.4. The Kier molecular flexibility index (Phi) is 7.36. The van der Waals surface area contributed by atoms with Crippen LogP contribution in [-0.2, 0) is 16.0 Å². The number of rotatable bonds is 9. The molecule has 1 aromatic carbocycles. The maximum absolute atomic E-state index is 12.8. The minimum Gasteiger partial charge on any atom is -0.384 e. The van der Waals surface area contributed by atoms with E-state index in [-0.39, 0.29) is 5.56 Å². The third kappa shape index (κ3) is 4.94. The first kappa shape index (κ1) is 18.3. The van der Waals surface area contributed by atoms with Crippen molar-refractivity contribution in [1.29, 1.82) is 0 Å². The number of benzene rings is 1. The van der Waals surface area contributed by atoms with Crippen LogP contribution in [0.5, 0.6) is 0 Å². The van der Waals surface area contributed by atoms with Crippen molar-refractivity contribution in [2.45, 2.75) is 25.0 Å². The number of fused-ring (bicyclic) bond motifs is 1. The van der Waals surface area contributed by atoms with E-state index >= 15 is 0 Å². The number of ether oxygens (including phenoxy) is 2. The highest BCUT2D eigenvalue weighted by atomic mass is 35.5. The minimum absolute atomic E-state index is 0.0388. The van der Waals surface area contributed by atoms with Crippen LogP contribution in [0.15, 0.2) is 28.2 Å². The summed E-state index contributed by atoms with van der Waals surface area (Å²) in [5, 5.41) is 1.85. The van der Waals surface area contributed by atoms with Crippen LogP contribution in [0.25, 0.3) is 10.9 Å². The molecule has 0 aliphatic rings. The molecule has 0 saturated heterocycles. The average Bonchev–Trinajstić information content (AvgIpc) is 2.53. The standard InChI is InChI=1S/C16H21ClN2O3S/c1-3-22-8-4-7-19-15(20)13-6-5-12(17)11-14(13)18-16(19)23-10-9-21-2/h5-6,11H,3-4,7-10H2,1-2H3. The molecule has 2 aromatic rings. The Hall–Kier alpha value is -1.08. The molecule has 0 saturated carbocycles. The number of aromatic nitrogens is 2. The van der Waals surface area contributed by atoms with Gasteiger partial charge in [0.15, 0.2) is 5.16 Å². The molecule has 0 aliphatic heterocycles. The summed E-state index contributed by atoms with van der Waals surface area (Å²) >= 11 is 7.53. The second-order valence-corrected chi connectivity index (χ2v) is 6.40. The highest BCUT2D eigenvalue weighted by molar-refractivity contribution is 7.99. The molecule has 0 spiro atoms. The lowest BCUT2D eigenvalue weighted by molar-refractivity contribution is 0.140. The quantitative estimate of drug-likeness (QED) is 0.392. The molecular formula is C16H21ClN2O3S. The zero-order valence-corrected chi connectivity index (χ0v) is 15.0. The molecule has 0 amide bonds. The highest BCUT2D eigenvalue weighted by Crippen LogP contribution is 2.20. The molecule has 0 unspecified atom stereocenters. The number of hydrogen-bond donors (Lipinski definition) is 0. The molecular weight excluding hydrogens is 336 g/mol. The third-order valence-electron chi connectivity index (χ3n) is 3.28. The van der Waals surface area contributed by atoms with Gasteiger partial charge in [-0.3, -0.25) is 9.36 Å². The van der Waals surface area contributed by atoms with Gasteiger partial charge in [-0.25, -0.2) is 4.98 Å². The van der Waals surface area contributed by atoms with Gasteiger partial charge < -0.3 is 9.47 Å². The molecule has 1 heterocycles. The fourth-order valence-corrected chi connectivity index (χ4v) is 3.26. The summed E-state index contributed by atoms with van der Waals surface area (Å²) in [6.45, 7) is 4.45. The predicted octanol–water partition coefficient (Wildman–Crippen LogP) is 3.22. The lowest BCUT2D eigenvalue weighted by Gasteiger charge is -2.13. The van der Waals surface area contributed by atoms with Gasteiger partial charge in [0.1, 0.15) is 0 Å². The second-order valence-electron chi connectivity index (χ2n) is 4.90. The topological polar surface area (TPSA) is 53.4 Å². The molecule has 23 heavy (non-hydrogen) atoms. The average molecular weight is 357 g/mol. The lowest BCUT2D eigenvalue weighted by Crippen LogP contribution is -2.24. The minimum atomic E-state index is -0.0388. The summed E-state index contributed by atoms with van der Waals surface area (Å²) < 4.78 is 12.2. The smallest absolute Gasteiger partial charge is 0.262 e. The molecule has 7 heteroatoms. The molecule has 0 radical (unpaired) electrons. The van der Waals surface area contributed by atoms with Crippen LogP contribution in [0.4, 0.5) is 0 Å². The van der Waals surface area contributed by atoms with Crippen molar-refractivity contribution in [3.05, 3.63) is 33.6 Å². The number of methoxy groups -OCH3 is 1. The van der Waals surface area contributed by atoms with Gasteiger partial charge in [0.25, 0.3) is 5.56 Å². The van der Waals surface area contributed by atoms with Gasteiger partial charge >= 0.3 is 0 Å². The number of nitrogens with zero attached hydrogens (tertiary/aromatic N) is 2. The van der Waals surface area contributed by atoms with Crippen molar-refractivity contribution in [3.8, 4) is 0 Å². The van der Waals surface area contributed by atoms with E-state index in [1.54, 1.807) is 29.9 Å². The molecule has 0 fully saturated rings. The summed E-state index contributed by atoms with van der Waals surface area (Å²) in [5.74, 6) is 0.737. The molecule has 0 aliphatic carbocycles. The Labute approximate surface area is 144 Å². The van der Waals surface area contributed by atoms with Gasteiger partial charge in [-0.15, -0.1) is 0 Å². The first-order valence-corrected chi connectivity index (χ1v) is 8.93. The second kappa shape index (κ2) is 9.27. The maximum atomic E-state index is 12.8. The summed E-state index contributed by atoms with van der Waals surface area (Å²) in [4.78, 5) is 17.4. The highest BCUT2D eigenvalue weighted by Gasteiger charge is 2.12. The summed E-state index contributed by atoms with van der Waals surface area (Å²) in [6.07, 6.45) is 0.770. The molecule has 0 atom stereocenters. The van der Waals surface area contributed by atoms with Crippen LogP contribution in [0, 0.1) is 0 Å². The number of halogens is 1. The van der Waals surface area contributed by atoms with Crippen molar-refractivity contribution >= 4 is 34.3 Å². The van der Waals surface area contributed by atoms with Gasteiger partial charge in [-0.2, -0.15) is 0 Å². The van der Waals surface area contributed by atoms with Crippen molar-refractivity contribution in [1.82, 2.24) is 9.55 Å². The first-order valence-electron chi connectivity index (χ1n) is 7.57. The van der Waals surface area contributed by atoms with E-state index in [2.05, 4.69) is 4.98 Å². The van der Waals surface area contributed by atoms with Gasteiger partial charge in [0, 0.05) is 37.6 Å². The van der Waals surface area contributed by atoms with E-state index in [0.717, 1.165) is 12.2 Å². The Morgan fingerprint density at radius 3 is 2.91 bits per heavy atom. The van der Waals surface area contributed by atoms with E-state index in [9.17, 15) is 4.79 Å². The molecule has 0 bridgehead atoms. The Balaban J connectivity index is 2.34. The van der Waals surface area contributed by atoms with Crippen LogP contribution in [-0.4, -0.2) is 42.2 Å². The van der Waals surface area contributed by atoms with Crippen LogP contribution in [0.1, 0.15) is 13.3 Å². The summed E-state index contributed by atoms with van der Waals surface area (Å²) in [5.41, 5.74) is 0.589. The van der Waals surface area contributed by atoms with Gasteiger partial charge in [0.2, 0.25) is 0 Å². The van der Waals surface area contributed by atoms with Gasteiger partial charge in [-0.1, -0.05) is 23.4 Å². The number of hydrogen-bond acceptors (Lipinski definition) is 5. The largest absolute Gasteiger partial charge is 0.384 e. The Morgan fingerprint density at radius 2 is 2.17 bits per heavy atom. The molecule has 1 aromatic heterocycles. The normalized spacial score (nSPS) is 11.3. The van der Waals surface area contributed by atoms with Crippen molar-refractivity contribution < 1.29 is 9.47 Å². The zero-order chi connectivity index (χ0) is 16.7. The van der Waals surface area contributed by atoms with E-state index in [4.69, 9.17) is 21.1 Å². The predicted molar refractivity (Wildman–Crippen MR) is 94.7 cm³/mol. The summed E-state index contributed by atoms with van der Waals surface area (Å²) in [6, 6.07) is 5.17. The first-order chi connectivity index (χ1) is 11.2. The Morgan fingerprint density at radius 1 is 1.35 bits per heavy atom. The fourth-order valence-electron chi connectivity index (χ4n) is 2.17. The molecule has 2 rings (SSSR count).